The molecule has 2 aromatic carbocycles. The molecule has 0 aliphatic carbocycles. The highest BCUT2D eigenvalue weighted by Crippen LogP contribution is 2.36. The van der Waals surface area contributed by atoms with Gasteiger partial charge in [-0.15, -0.1) is 11.8 Å². The molecule has 0 fully saturated rings. The standard InChI is InChI=1S/C20H19N3OS/c24-20(19-12-15-6-3-4-9-18(15)25-19)21-13-16-7-1-2-8-17(16)14-23-11-5-10-22-23/h1-11,19H,12-14H2,(H,21,24). The summed E-state index contributed by atoms with van der Waals surface area (Å²) in [5.74, 6) is 0.107. The largest absolute Gasteiger partial charge is 0.351 e. The minimum absolute atomic E-state index is 0.0318. The van der Waals surface area contributed by atoms with Gasteiger partial charge in [-0.25, -0.2) is 0 Å². The van der Waals surface area contributed by atoms with Gasteiger partial charge in [-0.05, 0) is 35.2 Å². The molecule has 0 spiro atoms. The molecule has 126 valence electrons. The lowest BCUT2D eigenvalue weighted by Gasteiger charge is -2.13. The fourth-order valence-electron chi connectivity index (χ4n) is 3.08. The second-order valence-electron chi connectivity index (χ2n) is 6.11. The number of nitrogens with one attached hydrogen (secondary N) is 1. The zero-order valence-electron chi connectivity index (χ0n) is 13.8. The molecule has 1 N–H and O–H groups in total. The lowest BCUT2D eigenvalue weighted by Crippen LogP contribution is -2.32. The Morgan fingerprint density at radius 3 is 2.72 bits per heavy atom. The van der Waals surface area contributed by atoms with Gasteiger partial charge >= 0.3 is 0 Å². The molecule has 0 saturated heterocycles. The van der Waals surface area contributed by atoms with E-state index in [2.05, 4.69) is 34.7 Å². The number of nitrogens with zero attached hydrogens (tertiary/aromatic N) is 2. The fourth-order valence-corrected chi connectivity index (χ4v) is 4.30. The van der Waals surface area contributed by atoms with Crippen LogP contribution in [-0.2, 0) is 24.3 Å². The quantitative estimate of drug-likeness (QED) is 0.769. The van der Waals surface area contributed by atoms with Gasteiger partial charge < -0.3 is 5.32 Å². The first kappa shape index (κ1) is 16.0. The number of benzene rings is 2. The number of hydrogen-bond acceptors (Lipinski definition) is 3. The van der Waals surface area contributed by atoms with Crippen LogP contribution in [0.4, 0.5) is 0 Å². The number of aromatic nitrogens is 2. The van der Waals surface area contributed by atoms with Gasteiger partial charge in [0.25, 0.3) is 0 Å². The molecule has 1 aliphatic rings. The Labute approximate surface area is 151 Å². The molecule has 1 aromatic heterocycles. The first-order valence-corrected chi connectivity index (χ1v) is 9.24. The second-order valence-corrected chi connectivity index (χ2v) is 7.35. The number of carbonyl (C=O) groups is 1. The van der Waals surface area contributed by atoms with Crippen molar-refractivity contribution in [2.45, 2.75) is 29.7 Å². The number of rotatable bonds is 5. The van der Waals surface area contributed by atoms with Crippen molar-refractivity contribution in [2.75, 3.05) is 0 Å². The summed E-state index contributed by atoms with van der Waals surface area (Å²) in [5, 5.41) is 7.33. The van der Waals surface area contributed by atoms with Crippen LogP contribution in [0.1, 0.15) is 16.7 Å². The van der Waals surface area contributed by atoms with Crippen molar-refractivity contribution < 1.29 is 4.79 Å². The summed E-state index contributed by atoms with van der Waals surface area (Å²) in [6.07, 6.45) is 4.53. The molecule has 4 rings (SSSR count). The maximum Gasteiger partial charge on any atom is 0.234 e. The summed E-state index contributed by atoms with van der Waals surface area (Å²) in [4.78, 5) is 13.8. The number of carbonyl (C=O) groups excluding carboxylic acids is 1. The van der Waals surface area contributed by atoms with Crippen molar-refractivity contribution in [1.29, 1.82) is 0 Å². The van der Waals surface area contributed by atoms with Crippen LogP contribution in [0, 0.1) is 0 Å². The van der Waals surface area contributed by atoms with Crippen molar-refractivity contribution in [3.63, 3.8) is 0 Å². The third-order valence-corrected chi connectivity index (χ3v) is 5.72. The van der Waals surface area contributed by atoms with E-state index < -0.39 is 0 Å². The molecule has 0 saturated carbocycles. The van der Waals surface area contributed by atoms with Crippen LogP contribution in [0.2, 0.25) is 0 Å². The van der Waals surface area contributed by atoms with Crippen LogP contribution in [0.3, 0.4) is 0 Å². The summed E-state index contributed by atoms with van der Waals surface area (Å²) in [6, 6.07) is 18.4. The van der Waals surface area contributed by atoms with Gasteiger partial charge in [-0.2, -0.15) is 5.10 Å². The van der Waals surface area contributed by atoms with Crippen LogP contribution in [-0.4, -0.2) is 20.9 Å². The predicted octanol–water partition coefficient (Wildman–Crippen LogP) is 3.26. The smallest absolute Gasteiger partial charge is 0.234 e. The monoisotopic (exact) mass is 349 g/mol. The molecule has 1 atom stereocenters. The average molecular weight is 349 g/mol. The van der Waals surface area contributed by atoms with Gasteiger partial charge in [0.2, 0.25) is 5.91 Å². The van der Waals surface area contributed by atoms with Crippen LogP contribution >= 0.6 is 11.8 Å². The van der Waals surface area contributed by atoms with E-state index in [0.29, 0.717) is 13.1 Å². The highest BCUT2D eigenvalue weighted by atomic mass is 32.2. The van der Waals surface area contributed by atoms with Crippen molar-refractivity contribution in [3.05, 3.63) is 83.7 Å². The van der Waals surface area contributed by atoms with E-state index in [1.807, 2.05) is 41.2 Å². The predicted molar refractivity (Wildman–Crippen MR) is 99.4 cm³/mol. The van der Waals surface area contributed by atoms with Crippen molar-refractivity contribution >= 4 is 17.7 Å². The zero-order valence-corrected chi connectivity index (χ0v) is 14.6. The van der Waals surface area contributed by atoms with E-state index in [1.54, 1.807) is 18.0 Å². The molecular formula is C20H19N3OS. The maximum atomic E-state index is 12.6. The molecule has 5 heteroatoms. The molecule has 0 bridgehead atoms. The van der Waals surface area contributed by atoms with Crippen molar-refractivity contribution in [1.82, 2.24) is 15.1 Å². The summed E-state index contributed by atoms with van der Waals surface area (Å²) < 4.78 is 1.89. The Hall–Kier alpha value is -2.53. The first-order valence-electron chi connectivity index (χ1n) is 8.36. The molecule has 25 heavy (non-hydrogen) atoms. The minimum Gasteiger partial charge on any atom is -0.351 e. The first-order chi connectivity index (χ1) is 12.3. The molecule has 1 aliphatic heterocycles. The lowest BCUT2D eigenvalue weighted by atomic mass is 10.1. The molecule has 1 unspecified atom stereocenters. The highest BCUT2D eigenvalue weighted by molar-refractivity contribution is 8.01. The summed E-state index contributed by atoms with van der Waals surface area (Å²) in [6.45, 7) is 1.26. The van der Waals surface area contributed by atoms with E-state index in [-0.39, 0.29) is 11.2 Å². The van der Waals surface area contributed by atoms with Gasteiger partial charge in [-0.1, -0.05) is 42.5 Å². The highest BCUT2D eigenvalue weighted by Gasteiger charge is 2.27. The van der Waals surface area contributed by atoms with Gasteiger partial charge in [0.05, 0.1) is 11.8 Å². The Balaban J connectivity index is 1.40. The summed E-state index contributed by atoms with van der Waals surface area (Å²) >= 11 is 1.66. The molecule has 1 amide bonds. The van der Waals surface area contributed by atoms with E-state index in [4.69, 9.17) is 0 Å². The Morgan fingerprint density at radius 1 is 1.12 bits per heavy atom. The van der Waals surface area contributed by atoms with E-state index >= 15 is 0 Å². The second kappa shape index (κ2) is 7.15. The average Bonchev–Trinajstić information content (AvgIpc) is 3.30. The fraction of sp³-hybridized carbons (Fsp3) is 0.200. The molecule has 4 nitrogen and oxygen atoms in total. The van der Waals surface area contributed by atoms with Gasteiger partial charge in [0.15, 0.2) is 0 Å². The minimum atomic E-state index is -0.0318. The number of hydrogen-bond donors (Lipinski definition) is 1. The Bertz CT molecular complexity index is 851. The summed E-state index contributed by atoms with van der Waals surface area (Å²) in [7, 11) is 0. The van der Waals surface area contributed by atoms with Crippen molar-refractivity contribution in [2.24, 2.45) is 0 Å². The molecule has 0 radical (unpaired) electrons. The zero-order chi connectivity index (χ0) is 17.1. The Kier molecular flexibility index (Phi) is 4.57. The number of amides is 1. The van der Waals surface area contributed by atoms with Gasteiger partial charge in [0.1, 0.15) is 0 Å². The van der Waals surface area contributed by atoms with Gasteiger partial charge in [-0.3, -0.25) is 9.48 Å². The van der Waals surface area contributed by atoms with Crippen LogP contribution in [0.15, 0.2) is 71.9 Å². The third kappa shape index (κ3) is 3.61. The topological polar surface area (TPSA) is 46.9 Å². The van der Waals surface area contributed by atoms with Crippen LogP contribution in [0.25, 0.3) is 0 Å². The maximum absolute atomic E-state index is 12.6. The number of fused-ring (bicyclic) bond motifs is 1. The van der Waals surface area contributed by atoms with Crippen LogP contribution in [0.5, 0.6) is 0 Å². The molecular weight excluding hydrogens is 330 g/mol. The lowest BCUT2D eigenvalue weighted by molar-refractivity contribution is -0.120. The normalized spacial score (nSPS) is 15.8. The Morgan fingerprint density at radius 2 is 1.92 bits per heavy atom. The number of thioether (sulfide) groups is 1. The van der Waals surface area contributed by atoms with E-state index in [9.17, 15) is 4.79 Å². The molecule has 2 heterocycles. The van der Waals surface area contributed by atoms with Crippen LogP contribution < -0.4 is 5.32 Å². The molecule has 3 aromatic rings. The van der Waals surface area contributed by atoms with Gasteiger partial charge in [0, 0.05) is 23.8 Å². The van der Waals surface area contributed by atoms with E-state index in [1.165, 1.54) is 16.0 Å². The SMILES string of the molecule is O=C(NCc1ccccc1Cn1cccn1)C1Cc2ccccc2S1. The van der Waals surface area contributed by atoms with Crippen molar-refractivity contribution in [3.8, 4) is 0 Å². The van der Waals surface area contributed by atoms with E-state index in [0.717, 1.165) is 12.0 Å². The third-order valence-electron chi connectivity index (χ3n) is 4.40. The summed E-state index contributed by atoms with van der Waals surface area (Å²) in [5.41, 5.74) is 3.58.